The van der Waals surface area contributed by atoms with Crippen molar-refractivity contribution in [3.05, 3.63) is 12.7 Å². The molecule has 90 valence electrons. The molecule has 0 saturated carbocycles. The standard InChI is InChI=1S/C10H15NO5/c1-2-5-16-10(14)11-8(9(12)13)7-4-3-6-15-7/h2,7-8H,1,3-6H2,(H,11,14)(H,12,13). The van der Waals surface area contributed by atoms with Crippen molar-refractivity contribution < 1.29 is 24.2 Å². The Morgan fingerprint density at radius 3 is 2.94 bits per heavy atom. The molecule has 1 amide bonds. The summed E-state index contributed by atoms with van der Waals surface area (Å²) in [4.78, 5) is 22.1. The monoisotopic (exact) mass is 229 g/mol. The minimum atomic E-state index is -1.12. The van der Waals surface area contributed by atoms with Crippen LogP contribution in [0.3, 0.4) is 0 Å². The second-order valence-electron chi connectivity index (χ2n) is 3.40. The number of carbonyl (C=O) groups excluding carboxylic acids is 1. The third kappa shape index (κ3) is 3.54. The zero-order chi connectivity index (χ0) is 12.0. The van der Waals surface area contributed by atoms with Crippen LogP contribution in [0, 0.1) is 0 Å². The lowest BCUT2D eigenvalue weighted by Gasteiger charge is -2.19. The van der Waals surface area contributed by atoms with Crippen molar-refractivity contribution in [2.45, 2.75) is 25.0 Å². The normalized spacial score (nSPS) is 21.1. The van der Waals surface area contributed by atoms with Crippen molar-refractivity contribution in [1.29, 1.82) is 0 Å². The summed E-state index contributed by atoms with van der Waals surface area (Å²) in [6.07, 6.45) is 1.58. The molecule has 1 saturated heterocycles. The molecule has 0 aromatic carbocycles. The Morgan fingerprint density at radius 1 is 1.69 bits per heavy atom. The van der Waals surface area contributed by atoms with Gasteiger partial charge in [-0.1, -0.05) is 12.7 Å². The number of carboxylic acids is 1. The van der Waals surface area contributed by atoms with Crippen molar-refractivity contribution in [2.24, 2.45) is 0 Å². The predicted octanol–water partition coefficient (Wildman–Crippen LogP) is 0.531. The van der Waals surface area contributed by atoms with E-state index in [1.807, 2.05) is 0 Å². The molecule has 6 nitrogen and oxygen atoms in total. The summed E-state index contributed by atoms with van der Waals surface area (Å²) in [6, 6.07) is -1.06. The van der Waals surface area contributed by atoms with Gasteiger partial charge in [0.2, 0.25) is 0 Å². The maximum Gasteiger partial charge on any atom is 0.408 e. The molecule has 1 heterocycles. The van der Waals surface area contributed by atoms with Gasteiger partial charge in [-0.05, 0) is 12.8 Å². The molecule has 1 fully saturated rings. The van der Waals surface area contributed by atoms with Gasteiger partial charge in [-0.25, -0.2) is 9.59 Å². The molecule has 0 aromatic heterocycles. The molecule has 0 aromatic rings. The molecule has 2 atom stereocenters. The van der Waals surface area contributed by atoms with E-state index < -0.39 is 24.2 Å². The molecular weight excluding hydrogens is 214 g/mol. The van der Waals surface area contributed by atoms with E-state index in [1.165, 1.54) is 6.08 Å². The molecule has 1 aliphatic heterocycles. The van der Waals surface area contributed by atoms with Crippen LogP contribution in [0.1, 0.15) is 12.8 Å². The maximum atomic E-state index is 11.2. The third-order valence-electron chi connectivity index (χ3n) is 2.21. The van der Waals surface area contributed by atoms with Crippen LogP contribution in [-0.2, 0) is 14.3 Å². The van der Waals surface area contributed by atoms with Gasteiger partial charge in [0, 0.05) is 6.61 Å². The lowest BCUT2D eigenvalue weighted by molar-refractivity contribution is -0.142. The van der Waals surface area contributed by atoms with Crippen LogP contribution in [0.15, 0.2) is 12.7 Å². The van der Waals surface area contributed by atoms with E-state index in [4.69, 9.17) is 9.84 Å². The number of carboxylic acid groups (broad SMARTS) is 1. The van der Waals surface area contributed by atoms with E-state index in [0.717, 1.165) is 6.42 Å². The lowest BCUT2D eigenvalue weighted by atomic mass is 10.1. The number of hydrogen-bond donors (Lipinski definition) is 2. The summed E-state index contributed by atoms with van der Waals surface area (Å²) in [5, 5.41) is 11.2. The van der Waals surface area contributed by atoms with Crippen molar-refractivity contribution in [1.82, 2.24) is 5.32 Å². The van der Waals surface area contributed by atoms with E-state index >= 15 is 0 Å². The minimum Gasteiger partial charge on any atom is -0.480 e. The Hall–Kier alpha value is -1.56. The van der Waals surface area contributed by atoms with Gasteiger partial charge in [-0.3, -0.25) is 0 Å². The van der Waals surface area contributed by atoms with Gasteiger partial charge < -0.3 is 19.9 Å². The Bertz CT molecular complexity index is 272. The van der Waals surface area contributed by atoms with E-state index in [0.29, 0.717) is 13.0 Å². The van der Waals surface area contributed by atoms with Gasteiger partial charge in [0.05, 0.1) is 6.10 Å². The zero-order valence-electron chi connectivity index (χ0n) is 8.85. The molecule has 0 radical (unpaired) electrons. The second kappa shape index (κ2) is 6.12. The highest BCUT2D eigenvalue weighted by molar-refractivity contribution is 5.80. The van der Waals surface area contributed by atoms with Crippen LogP contribution in [0.2, 0.25) is 0 Å². The van der Waals surface area contributed by atoms with Gasteiger partial charge in [0.15, 0.2) is 6.04 Å². The summed E-state index contributed by atoms with van der Waals surface area (Å²) in [6.45, 7) is 3.95. The molecular formula is C10H15NO5. The Labute approximate surface area is 93.2 Å². The first-order valence-corrected chi connectivity index (χ1v) is 5.03. The fourth-order valence-corrected chi connectivity index (χ4v) is 1.48. The van der Waals surface area contributed by atoms with E-state index in [-0.39, 0.29) is 6.61 Å². The summed E-state index contributed by atoms with van der Waals surface area (Å²) in [5.41, 5.74) is 0. The van der Waals surface area contributed by atoms with Gasteiger partial charge in [0.25, 0.3) is 0 Å². The van der Waals surface area contributed by atoms with Crippen LogP contribution < -0.4 is 5.32 Å². The number of nitrogens with one attached hydrogen (secondary N) is 1. The van der Waals surface area contributed by atoms with Crippen molar-refractivity contribution in [3.63, 3.8) is 0 Å². The van der Waals surface area contributed by atoms with Gasteiger partial charge >= 0.3 is 12.1 Å². The largest absolute Gasteiger partial charge is 0.480 e. The highest BCUT2D eigenvalue weighted by atomic mass is 16.5. The number of amides is 1. The number of alkyl carbamates (subject to hydrolysis) is 1. The molecule has 6 heteroatoms. The molecule has 0 spiro atoms. The van der Waals surface area contributed by atoms with E-state index in [2.05, 4.69) is 16.6 Å². The van der Waals surface area contributed by atoms with Crippen LogP contribution in [0.5, 0.6) is 0 Å². The van der Waals surface area contributed by atoms with Crippen LogP contribution in [-0.4, -0.2) is 42.5 Å². The first-order valence-electron chi connectivity index (χ1n) is 5.03. The molecule has 16 heavy (non-hydrogen) atoms. The minimum absolute atomic E-state index is 0.0453. The predicted molar refractivity (Wildman–Crippen MR) is 55.1 cm³/mol. The molecule has 0 aliphatic carbocycles. The molecule has 2 unspecified atom stereocenters. The average Bonchev–Trinajstić information content (AvgIpc) is 2.75. The Balaban J connectivity index is 2.47. The quantitative estimate of drug-likeness (QED) is 0.672. The zero-order valence-corrected chi connectivity index (χ0v) is 8.85. The molecule has 1 rings (SSSR count). The molecule has 0 bridgehead atoms. The summed E-state index contributed by atoms with van der Waals surface area (Å²) in [7, 11) is 0. The second-order valence-corrected chi connectivity index (χ2v) is 3.40. The third-order valence-corrected chi connectivity index (χ3v) is 2.21. The van der Waals surface area contributed by atoms with Crippen LogP contribution in [0.25, 0.3) is 0 Å². The summed E-state index contributed by atoms with van der Waals surface area (Å²) >= 11 is 0. The van der Waals surface area contributed by atoms with Gasteiger partial charge in [-0.2, -0.15) is 0 Å². The number of rotatable bonds is 5. The Morgan fingerprint density at radius 2 is 2.44 bits per heavy atom. The smallest absolute Gasteiger partial charge is 0.408 e. The molecule has 2 N–H and O–H groups in total. The highest BCUT2D eigenvalue weighted by Crippen LogP contribution is 2.16. The Kier molecular flexibility index (Phi) is 4.78. The number of ether oxygens (including phenoxy) is 2. The van der Waals surface area contributed by atoms with Crippen molar-refractivity contribution >= 4 is 12.1 Å². The number of hydrogen-bond acceptors (Lipinski definition) is 4. The summed E-state index contributed by atoms with van der Waals surface area (Å²) < 4.78 is 9.85. The fraction of sp³-hybridized carbons (Fsp3) is 0.600. The van der Waals surface area contributed by atoms with Gasteiger partial charge in [-0.15, -0.1) is 0 Å². The average molecular weight is 229 g/mol. The van der Waals surface area contributed by atoms with E-state index in [9.17, 15) is 9.59 Å². The SMILES string of the molecule is C=CCOC(=O)NC(C(=O)O)C1CCCO1. The van der Waals surface area contributed by atoms with Crippen molar-refractivity contribution in [3.8, 4) is 0 Å². The number of carbonyl (C=O) groups is 2. The first-order chi connectivity index (χ1) is 7.65. The topological polar surface area (TPSA) is 84.9 Å². The van der Waals surface area contributed by atoms with Crippen molar-refractivity contribution in [2.75, 3.05) is 13.2 Å². The number of aliphatic carboxylic acids is 1. The molecule has 1 aliphatic rings. The van der Waals surface area contributed by atoms with Gasteiger partial charge in [0.1, 0.15) is 6.61 Å². The lowest BCUT2D eigenvalue weighted by Crippen LogP contribution is -2.48. The van der Waals surface area contributed by atoms with Crippen LogP contribution >= 0.6 is 0 Å². The van der Waals surface area contributed by atoms with E-state index in [1.54, 1.807) is 0 Å². The summed E-state index contributed by atoms with van der Waals surface area (Å²) in [5.74, 6) is -1.12. The highest BCUT2D eigenvalue weighted by Gasteiger charge is 2.33. The van der Waals surface area contributed by atoms with Crippen LogP contribution in [0.4, 0.5) is 4.79 Å². The fourth-order valence-electron chi connectivity index (χ4n) is 1.48. The maximum absolute atomic E-state index is 11.2. The first kappa shape index (κ1) is 12.5.